The molecule has 1 aliphatic rings. The molecule has 0 atom stereocenters. The highest BCUT2D eigenvalue weighted by Crippen LogP contribution is 2.29. The highest BCUT2D eigenvalue weighted by Gasteiger charge is 2.25. The highest BCUT2D eigenvalue weighted by molar-refractivity contribution is 7.80. The van der Waals surface area contributed by atoms with Crippen LogP contribution in [0.1, 0.15) is 25.3 Å². The molecule has 0 saturated carbocycles. The van der Waals surface area contributed by atoms with Crippen LogP contribution < -0.4 is 20.1 Å². The number of thiocarbonyl (C=S) groups is 1. The van der Waals surface area contributed by atoms with E-state index < -0.39 is 11.8 Å². The third kappa shape index (κ3) is 4.29. The van der Waals surface area contributed by atoms with Crippen molar-refractivity contribution in [2.45, 2.75) is 19.8 Å². The average molecular weight is 334 g/mol. The number of carbonyl (C=O) groups is 2. The first-order chi connectivity index (χ1) is 11.0. The molecular formula is C16H18N2O4S. The summed E-state index contributed by atoms with van der Waals surface area (Å²) < 4.78 is 10.9. The van der Waals surface area contributed by atoms with Gasteiger partial charge in [-0.05, 0) is 42.4 Å². The number of unbranched alkanes of at least 4 members (excludes halogenated alkanes) is 1. The highest BCUT2D eigenvalue weighted by atomic mass is 32.1. The van der Waals surface area contributed by atoms with Crippen LogP contribution in [0.15, 0.2) is 23.8 Å². The number of rotatable bonds is 6. The second-order valence-corrected chi connectivity index (χ2v) is 5.32. The van der Waals surface area contributed by atoms with Crippen molar-refractivity contribution in [1.82, 2.24) is 10.6 Å². The Hall–Kier alpha value is -2.41. The Morgan fingerprint density at radius 1 is 1.17 bits per heavy atom. The summed E-state index contributed by atoms with van der Waals surface area (Å²) in [5.74, 6) is 0.117. The summed E-state index contributed by atoms with van der Waals surface area (Å²) in [6, 6.07) is 5.22. The van der Waals surface area contributed by atoms with Crippen LogP contribution in [0.2, 0.25) is 0 Å². The van der Waals surface area contributed by atoms with Gasteiger partial charge in [0.15, 0.2) is 16.6 Å². The molecule has 0 bridgehead atoms. The normalized spacial score (nSPS) is 14.2. The molecule has 1 aliphatic heterocycles. The standard InChI is InChI=1S/C16H18N2O4S/c1-3-4-7-22-12-6-5-10(9-13(12)21-2)8-11-14(19)17-16(23)18-15(11)20/h5-6,8-9H,3-4,7H2,1-2H3,(H2,17,18,19,20,23). The molecule has 1 fully saturated rings. The molecule has 0 aliphatic carbocycles. The summed E-state index contributed by atoms with van der Waals surface area (Å²) >= 11 is 4.76. The molecule has 6 nitrogen and oxygen atoms in total. The predicted molar refractivity (Wildman–Crippen MR) is 90.3 cm³/mol. The Labute approximate surface area is 139 Å². The average Bonchev–Trinajstić information content (AvgIpc) is 2.52. The molecule has 1 aromatic carbocycles. The number of amides is 2. The van der Waals surface area contributed by atoms with Gasteiger partial charge in [0.05, 0.1) is 13.7 Å². The first-order valence-electron chi connectivity index (χ1n) is 7.24. The van der Waals surface area contributed by atoms with E-state index in [1.54, 1.807) is 18.2 Å². The summed E-state index contributed by atoms with van der Waals surface area (Å²) in [5.41, 5.74) is 0.637. The van der Waals surface area contributed by atoms with Crippen molar-refractivity contribution >= 4 is 35.2 Å². The van der Waals surface area contributed by atoms with Crippen molar-refractivity contribution in [2.75, 3.05) is 13.7 Å². The van der Waals surface area contributed by atoms with Crippen molar-refractivity contribution in [3.8, 4) is 11.5 Å². The summed E-state index contributed by atoms with van der Waals surface area (Å²) in [5, 5.41) is 4.79. The molecule has 0 spiro atoms. The summed E-state index contributed by atoms with van der Waals surface area (Å²) in [6.07, 6.45) is 3.47. The van der Waals surface area contributed by atoms with E-state index in [4.69, 9.17) is 21.7 Å². The SMILES string of the molecule is CCCCOc1ccc(C=C2C(=O)NC(=S)NC2=O)cc1OC. The first-order valence-corrected chi connectivity index (χ1v) is 7.65. The lowest BCUT2D eigenvalue weighted by atomic mass is 10.1. The van der Waals surface area contributed by atoms with Crippen molar-refractivity contribution in [1.29, 1.82) is 0 Å². The van der Waals surface area contributed by atoms with Crippen molar-refractivity contribution in [2.24, 2.45) is 0 Å². The molecule has 122 valence electrons. The first kappa shape index (κ1) is 17.0. The number of benzene rings is 1. The lowest BCUT2D eigenvalue weighted by Crippen LogP contribution is -2.51. The van der Waals surface area contributed by atoms with E-state index in [1.165, 1.54) is 13.2 Å². The van der Waals surface area contributed by atoms with Gasteiger partial charge in [0, 0.05) is 0 Å². The van der Waals surface area contributed by atoms with Gasteiger partial charge < -0.3 is 9.47 Å². The van der Waals surface area contributed by atoms with Crippen LogP contribution in [0.4, 0.5) is 0 Å². The molecule has 1 heterocycles. The molecule has 2 rings (SSSR count). The van der Waals surface area contributed by atoms with Gasteiger partial charge >= 0.3 is 0 Å². The zero-order valence-electron chi connectivity index (χ0n) is 13.0. The minimum atomic E-state index is -0.527. The molecule has 2 amide bonds. The number of nitrogens with one attached hydrogen (secondary N) is 2. The van der Waals surface area contributed by atoms with Gasteiger partial charge in [-0.3, -0.25) is 20.2 Å². The van der Waals surface area contributed by atoms with Crippen LogP contribution in [-0.2, 0) is 9.59 Å². The zero-order valence-corrected chi connectivity index (χ0v) is 13.8. The Bertz CT molecular complexity index is 648. The monoisotopic (exact) mass is 334 g/mol. The second kappa shape index (κ2) is 7.73. The van der Waals surface area contributed by atoms with Crippen molar-refractivity contribution in [3.05, 3.63) is 29.3 Å². The largest absolute Gasteiger partial charge is 0.493 e. The molecule has 0 radical (unpaired) electrons. The van der Waals surface area contributed by atoms with Gasteiger partial charge in [-0.2, -0.15) is 0 Å². The van der Waals surface area contributed by atoms with Gasteiger partial charge in [0.2, 0.25) is 0 Å². The Morgan fingerprint density at radius 2 is 1.87 bits per heavy atom. The van der Waals surface area contributed by atoms with Crippen LogP contribution in [-0.4, -0.2) is 30.6 Å². The zero-order chi connectivity index (χ0) is 16.8. The number of hydrogen-bond acceptors (Lipinski definition) is 5. The Balaban J connectivity index is 2.23. The maximum atomic E-state index is 11.8. The van der Waals surface area contributed by atoms with Crippen molar-refractivity contribution < 1.29 is 19.1 Å². The Kier molecular flexibility index (Phi) is 5.70. The van der Waals surface area contributed by atoms with E-state index in [9.17, 15) is 9.59 Å². The van der Waals surface area contributed by atoms with Crippen LogP contribution in [0.25, 0.3) is 6.08 Å². The molecule has 0 unspecified atom stereocenters. The molecule has 1 saturated heterocycles. The Morgan fingerprint density at radius 3 is 2.48 bits per heavy atom. The third-order valence-electron chi connectivity index (χ3n) is 3.20. The van der Waals surface area contributed by atoms with Gasteiger partial charge in [-0.1, -0.05) is 19.4 Å². The van der Waals surface area contributed by atoms with Crippen LogP contribution in [0.5, 0.6) is 11.5 Å². The number of hydrogen-bond donors (Lipinski definition) is 2. The lowest BCUT2D eigenvalue weighted by molar-refractivity contribution is -0.123. The van der Waals surface area contributed by atoms with Crippen molar-refractivity contribution in [3.63, 3.8) is 0 Å². The minimum absolute atomic E-state index is 0.00871. The summed E-state index contributed by atoms with van der Waals surface area (Å²) in [6.45, 7) is 2.69. The smallest absolute Gasteiger partial charge is 0.263 e. The van der Waals surface area contributed by atoms with E-state index in [0.29, 0.717) is 23.7 Å². The van der Waals surface area contributed by atoms with E-state index in [0.717, 1.165) is 12.8 Å². The van der Waals surface area contributed by atoms with Crippen LogP contribution >= 0.6 is 12.2 Å². The van der Waals surface area contributed by atoms with E-state index in [-0.39, 0.29) is 10.7 Å². The van der Waals surface area contributed by atoms with Gasteiger partial charge in [0.25, 0.3) is 11.8 Å². The molecule has 0 aromatic heterocycles. The number of ether oxygens (including phenoxy) is 2. The van der Waals surface area contributed by atoms with Gasteiger partial charge in [0.1, 0.15) is 5.57 Å². The summed E-state index contributed by atoms with van der Waals surface area (Å²) in [4.78, 5) is 23.7. The predicted octanol–water partition coefficient (Wildman–Crippen LogP) is 1.79. The van der Waals surface area contributed by atoms with E-state index in [2.05, 4.69) is 17.6 Å². The third-order valence-corrected chi connectivity index (χ3v) is 3.40. The molecule has 23 heavy (non-hydrogen) atoms. The fourth-order valence-corrected chi connectivity index (χ4v) is 2.18. The number of carbonyl (C=O) groups excluding carboxylic acids is 2. The van der Waals surface area contributed by atoms with Gasteiger partial charge in [-0.25, -0.2) is 0 Å². The van der Waals surface area contributed by atoms with E-state index >= 15 is 0 Å². The van der Waals surface area contributed by atoms with Crippen LogP contribution in [0, 0.1) is 0 Å². The minimum Gasteiger partial charge on any atom is -0.493 e. The maximum absolute atomic E-state index is 11.8. The fraction of sp³-hybridized carbons (Fsp3) is 0.312. The quantitative estimate of drug-likeness (QED) is 0.359. The summed E-state index contributed by atoms with van der Waals surface area (Å²) in [7, 11) is 1.54. The lowest BCUT2D eigenvalue weighted by Gasteiger charge is -2.16. The fourth-order valence-electron chi connectivity index (χ4n) is 1.99. The van der Waals surface area contributed by atoms with Crippen LogP contribution in [0.3, 0.4) is 0 Å². The molecular weight excluding hydrogens is 316 g/mol. The number of methoxy groups -OCH3 is 1. The second-order valence-electron chi connectivity index (χ2n) is 4.91. The molecule has 2 N–H and O–H groups in total. The topological polar surface area (TPSA) is 76.7 Å². The van der Waals surface area contributed by atoms with E-state index in [1.807, 2.05) is 0 Å². The van der Waals surface area contributed by atoms with Gasteiger partial charge in [-0.15, -0.1) is 0 Å². The maximum Gasteiger partial charge on any atom is 0.263 e. The molecule has 7 heteroatoms. The molecule has 1 aromatic rings.